The normalized spacial score (nSPS) is 15.2. The van der Waals surface area contributed by atoms with Crippen molar-refractivity contribution in [3.8, 4) is 0 Å². The van der Waals surface area contributed by atoms with E-state index in [9.17, 15) is 4.79 Å². The standard InChI is InChI=1S/C20H31BrN4O2.HI/c1-22-19(25-15-20(8-4-9-20)10-13-27-2)24-12-5-11-23-18(26)16-6-3-7-17(21)14-16;/h3,6-7,14H,4-5,8-13,15H2,1-2H3,(H,23,26)(H2,22,24,25);1H. The molecule has 6 nitrogen and oxygen atoms in total. The Morgan fingerprint density at radius 1 is 1.25 bits per heavy atom. The minimum atomic E-state index is -0.0520. The van der Waals surface area contributed by atoms with Crippen LogP contribution in [0.4, 0.5) is 0 Å². The molecule has 3 N–H and O–H groups in total. The van der Waals surface area contributed by atoms with Crippen LogP contribution in [0.25, 0.3) is 0 Å². The molecule has 2 rings (SSSR count). The predicted octanol–water partition coefficient (Wildman–Crippen LogP) is 3.56. The molecule has 0 bridgehead atoms. The summed E-state index contributed by atoms with van der Waals surface area (Å²) in [5.74, 6) is 0.765. The van der Waals surface area contributed by atoms with Gasteiger partial charge in [0.25, 0.3) is 5.91 Å². The summed E-state index contributed by atoms with van der Waals surface area (Å²) in [7, 11) is 3.54. The van der Waals surface area contributed by atoms with Crippen LogP contribution in [0.1, 0.15) is 42.5 Å². The van der Waals surface area contributed by atoms with Gasteiger partial charge in [0, 0.05) is 50.4 Å². The fourth-order valence-corrected chi connectivity index (χ4v) is 3.63. The second kappa shape index (κ2) is 13.4. The number of carbonyl (C=O) groups excluding carboxylic acids is 1. The predicted molar refractivity (Wildman–Crippen MR) is 129 cm³/mol. The van der Waals surface area contributed by atoms with Crippen LogP contribution in [-0.2, 0) is 4.74 Å². The number of guanidine groups is 1. The summed E-state index contributed by atoms with van der Waals surface area (Å²) in [6.45, 7) is 3.11. The summed E-state index contributed by atoms with van der Waals surface area (Å²) in [4.78, 5) is 16.4. The van der Waals surface area contributed by atoms with E-state index in [0.717, 1.165) is 43.0 Å². The van der Waals surface area contributed by atoms with Crippen LogP contribution in [0, 0.1) is 5.41 Å². The maximum atomic E-state index is 12.1. The van der Waals surface area contributed by atoms with Gasteiger partial charge >= 0.3 is 0 Å². The summed E-state index contributed by atoms with van der Waals surface area (Å²) in [5.41, 5.74) is 1.02. The Balaban J connectivity index is 0.00000392. The Kier molecular flexibility index (Phi) is 12.0. The lowest BCUT2D eigenvalue weighted by atomic mass is 9.67. The maximum absolute atomic E-state index is 12.1. The summed E-state index contributed by atoms with van der Waals surface area (Å²) in [6.07, 6.45) is 5.73. The van der Waals surface area contributed by atoms with E-state index in [1.54, 1.807) is 14.2 Å². The minimum Gasteiger partial charge on any atom is -0.385 e. The molecule has 1 fully saturated rings. The number of hydrogen-bond acceptors (Lipinski definition) is 3. The van der Waals surface area contributed by atoms with E-state index >= 15 is 0 Å². The molecule has 1 aromatic rings. The number of nitrogens with zero attached hydrogens (tertiary/aromatic N) is 1. The summed E-state index contributed by atoms with van der Waals surface area (Å²) in [5, 5.41) is 9.70. The molecular formula is C20H32BrIN4O2. The van der Waals surface area contributed by atoms with Crippen molar-refractivity contribution in [2.45, 2.75) is 32.1 Å². The van der Waals surface area contributed by atoms with Crippen LogP contribution in [0.3, 0.4) is 0 Å². The Hall–Kier alpha value is -0.870. The van der Waals surface area contributed by atoms with E-state index in [0.29, 0.717) is 17.5 Å². The number of halogens is 2. The molecular weight excluding hydrogens is 535 g/mol. The van der Waals surface area contributed by atoms with Crippen LogP contribution in [-0.4, -0.2) is 52.3 Å². The first kappa shape index (κ1) is 25.2. The van der Waals surface area contributed by atoms with Crippen LogP contribution in [0.15, 0.2) is 33.7 Å². The molecule has 0 aliphatic heterocycles. The largest absolute Gasteiger partial charge is 0.385 e. The highest BCUT2D eigenvalue weighted by Gasteiger charge is 2.36. The van der Waals surface area contributed by atoms with Gasteiger partial charge < -0.3 is 20.7 Å². The molecule has 1 aliphatic rings. The van der Waals surface area contributed by atoms with Crippen molar-refractivity contribution in [2.24, 2.45) is 10.4 Å². The highest BCUT2D eigenvalue weighted by molar-refractivity contribution is 14.0. The fourth-order valence-electron chi connectivity index (χ4n) is 3.23. The first-order valence-corrected chi connectivity index (χ1v) is 10.4. The lowest BCUT2D eigenvalue weighted by molar-refractivity contribution is 0.0732. The third-order valence-corrected chi connectivity index (χ3v) is 5.62. The first-order chi connectivity index (χ1) is 13.1. The number of amides is 1. The van der Waals surface area contributed by atoms with Crippen LogP contribution < -0.4 is 16.0 Å². The topological polar surface area (TPSA) is 74.8 Å². The summed E-state index contributed by atoms with van der Waals surface area (Å²) < 4.78 is 6.15. The van der Waals surface area contributed by atoms with E-state index < -0.39 is 0 Å². The summed E-state index contributed by atoms with van der Waals surface area (Å²) in [6, 6.07) is 7.39. The molecule has 0 saturated heterocycles. The SMILES string of the molecule is CN=C(NCCCNC(=O)c1cccc(Br)c1)NCC1(CCOC)CCC1.I. The Morgan fingerprint density at radius 2 is 2.00 bits per heavy atom. The van der Waals surface area contributed by atoms with Crippen LogP contribution >= 0.6 is 39.9 Å². The lowest BCUT2D eigenvalue weighted by Crippen LogP contribution is -2.47. The van der Waals surface area contributed by atoms with E-state index in [1.165, 1.54) is 19.3 Å². The number of carbonyl (C=O) groups is 1. The fraction of sp³-hybridized carbons (Fsp3) is 0.600. The number of benzene rings is 1. The Morgan fingerprint density at radius 3 is 2.61 bits per heavy atom. The van der Waals surface area contributed by atoms with Crippen molar-refractivity contribution in [3.63, 3.8) is 0 Å². The smallest absolute Gasteiger partial charge is 0.251 e. The molecule has 0 heterocycles. The molecule has 0 spiro atoms. The van der Waals surface area contributed by atoms with Crippen molar-refractivity contribution < 1.29 is 9.53 Å². The molecule has 1 aromatic carbocycles. The van der Waals surface area contributed by atoms with Crippen molar-refractivity contribution in [1.29, 1.82) is 0 Å². The molecule has 8 heteroatoms. The Labute approximate surface area is 193 Å². The molecule has 0 aromatic heterocycles. The second-order valence-corrected chi connectivity index (χ2v) is 7.98. The molecule has 0 atom stereocenters. The zero-order valence-electron chi connectivity index (χ0n) is 16.7. The van der Waals surface area contributed by atoms with Crippen molar-refractivity contribution in [1.82, 2.24) is 16.0 Å². The molecule has 0 radical (unpaired) electrons. The van der Waals surface area contributed by atoms with Gasteiger partial charge in [0.05, 0.1) is 0 Å². The molecule has 1 saturated carbocycles. The van der Waals surface area contributed by atoms with Crippen molar-refractivity contribution in [2.75, 3.05) is 40.4 Å². The second-order valence-electron chi connectivity index (χ2n) is 7.07. The van der Waals surface area contributed by atoms with Gasteiger partial charge in [0.1, 0.15) is 0 Å². The van der Waals surface area contributed by atoms with Gasteiger partial charge in [-0.2, -0.15) is 0 Å². The molecule has 28 heavy (non-hydrogen) atoms. The molecule has 0 unspecified atom stereocenters. The average Bonchev–Trinajstić information content (AvgIpc) is 2.64. The van der Waals surface area contributed by atoms with E-state index in [-0.39, 0.29) is 29.9 Å². The van der Waals surface area contributed by atoms with E-state index in [4.69, 9.17) is 4.74 Å². The highest BCUT2D eigenvalue weighted by Crippen LogP contribution is 2.43. The van der Waals surface area contributed by atoms with Crippen molar-refractivity contribution >= 4 is 51.8 Å². The van der Waals surface area contributed by atoms with Gasteiger partial charge in [-0.15, -0.1) is 24.0 Å². The zero-order chi connectivity index (χ0) is 19.5. The number of hydrogen-bond donors (Lipinski definition) is 3. The van der Waals surface area contributed by atoms with E-state index in [1.807, 2.05) is 24.3 Å². The Bertz CT molecular complexity index is 638. The van der Waals surface area contributed by atoms with Gasteiger partial charge in [-0.3, -0.25) is 9.79 Å². The third-order valence-electron chi connectivity index (χ3n) is 5.12. The number of ether oxygens (including phenoxy) is 1. The quantitative estimate of drug-likeness (QED) is 0.175. The first-order valence-electron chi connectivity index (χ1n) is 9.56. The van der Waals surface area contributed by atoms with Crippen LogP contribution in [0.5, 0.6) is 0 Å². The van der Waals surface area contributed by atoms with Gasteiger partial charge in [-0.05, 0) is 49.3 Å². The highest BCUT2D eigenvalue weighted by atomic mass is 127. The van der Waals surface area contributed by atoms with E-state index in [2.05, 4.69) is 36.9 Å². The molecule has 158 valence electrons. The maximum Gasteiger partial charge on any atom is 0.251 e. The van der Waals surface area contributed by atoms with Gasteiger partial charge in [-0.1, -0.05) is 28.4 Å². The minimum absolute atomic E-state index is 0. The average molecular weight is 567 g/mol. The lowest BCUT2D eigenvalue weighted by Gasteiger charge is -2.42. The number of rotatable bonds is 10. The van der Waals surface area contributed by atoms with Crippen molar-refractivity contribution in [3.05, 3.63) is 34.3 Å². The van der Waals surface area contributed by atoms with Gasteiger partial charge in [0.2, 0.25) is 0 Å². The monoisotopic (exact) mass is 566 g/mol. The third kappa shape index (κ3) is 8.24. The zero-order valence-corrected chi connectivity index (χ0v) is 20.6. The van der Waals surface area contributed by atoms with Gasteiger partial charge in [-0.25, -0.2) is 0 Å². The summed E-state index contributed by atoms with van der Waals surface area (Å²) >= 11 is 3.38. The number of aliphatic imine (C=N–C) groups is 1. The number of methoxy groups -OCH3 is 1. The van der Waals surface area contributed by atoms with Crippen LogP contribution in [0.2, 0.25) is 0 Å². The molecule has 1 aliphatic carbocycles. The number of nitrogens with one attached hydrogen (secondary N) is 3. The van der Waals surface area contributed by atoms with Gasteiger partial charge in [0.15, 0.2) is 5.96 Å². The molecule has 1 amide bonds.